The lowest BCUT2D eigenvalue weighted by Gasteiger charge is -2.19. The molecule has 0 bridgehead atoms. The molecule has 4 heteroatoms. The number of rotatable bonds is 1. The fraction of sp³-hybridized carbons (Fsp3) is 0.625. The largest absolute Gasteiger partial charge is 0.317 e. The molecule has 1 aromatic heterocycles. The van der Waals surface area contributed by atoms with E-state index in [4.69, 9.17) is 0 Å². The Kier molecular flexibility index (Phi) is 1.77. The molecule has 0 radical (unpaired) electrons. The number of aromatic nitrogens is 2. The molecule has 2 rings (SSSR count). The van der Waals surface area contributed by atoms with Gasteiger partial charge in [-0.1, -0.05) is 0 Å². The minimum atomic E-state index is 0.0463. The predicted octanol–water partition coefficient (Wildman–Crippen LogP) is -0.220. The molecule has 1 heterocycles. The number of hydrogen-bond acceptors (Lipinski definition) is 2. The summed E-state index contributed by atoms with van der Waals surface area (Å²) in [5.41, 5.74) is 2.07. The highest BCUT2D eigenvalue weighted by Gasteiger charge is 2.20. The van der Waals surface area contributed by atoms with Crippen LogP contribution in [-0.2, 0) is 12.8 Å². The van der Waals surface area contributed by atoms with Crippen LogP contribution >= 0.6 is 0 Å². The Labute approximate surface area is 70.4 Å². The van der Waals surface area contributed by atoms with E-state index in [1.165, 1.54) is 0 Å². The summed E-state index contributed by atoms with van der Waals surface area (Å²) in [6.45, 7) is 0. The molecule has 1 unspecified atom stereocenters. The fourth-order valence-electron chi connectivity index (χ4n) is 1.76. The van der Waals surface area contributed by atoms with Crippen LogP contribution in [0.25, 0.3) is 0 Å². The first-order valence-corrected chi connectivity index (χ1v) is 4.27. The Bertz CT molecular complexity index is 325. The molecule has 1 aromatic rings. The van der Waals surface area contributed by atoms with Gasteiger partial charge in [0.2, 0.25) is 0 Å². The van der Waals surface area contributed by atoms with Gasteiger partial charge in [0.25, 0.3) is 5.56 Å². The van der Waals surface area contributed by atoms with Crippen LogP contribution in [0.1, 0.15) is 17.7 Å². The second kappa shape index (κ2) is 2.79. The van der Waals surface area contributed by atoms with Crippen molar-refractivity contribution in [1.82, 2.24) is 15.5 Å². The highest BCUT2D eigenvalue weighted by atomic mass is 16.1. The van der Waals surface area contributed by atoms with E-state index in [1.54, 1.807) is 0 Å². The lowest BCUT2D eigenvalue weighted by atomic mass is 9.94. The van der Waals surface area contributed by atoms with Gasteiger partial charge in [-0.15, -0.1) is 0 Å². The second-order valence-electron chi connectivity index (χ2n) is 3.26. The minimum absolute atomic E-state index is 0.0463. The normalized spacial score (nSPS) is 22.2. The summed E-state index contributed by atoms with van der Waals surface area (Å²) in [5.74, 6) is 0. The minimum Gasteiger partial charge on any atom is -0.317 e. The molecule has 0 aromatic carbocycles. The van der Waals surface area contributed by atoms with Crippen LogP contribution in [0.15, 0.2) is 4.79 Å². The van der Waals surface area contributed by atoms with Crippen LogP contribution in [0, 0.1) is 0 Å². The van der Waals surface area contributed by atoms with Crippen molar-refractivity contribution < 1.29 is 0 Å². The van der Waals surface area contributed by atoms with Crippen LogP contribution < -0.4 is 10.9 Å². The van der Waals surface area contributed by atoms with E-state index in [0.717, 1.165) is 30.5 Å². The van der Waals surface area contributed by atoms with E-state index in [1.807, 2.05) is 7.05 Å². The van der Waals surface area contributed by atoms with Crippen molar-refractivity contribution in [2.45, 2.75) is 25.3 Å². The standard InChI is InChI=1S/C8H13N3O/c1-9-5-2-3-7-6(4-5)8(12)11-10-7/h5,9H,2-4H2,1H3,(H2,10,11,12). The van der Waals surface area contributed by atoms with E-state index >= 15 is 0 Å². The molecule has 12 heavy (non-hydrogen) atoms. The lowest BCUT2D eigenvalue weighted by molar-refractivity contribution is 0.492. The number of hydrogen-bond donors (Lipinski definition) is 3. The monoisotopic (exact) mass is 167 g/mol. The highest BCUT2D eigenvalue weighted by Crippen LogP contribution is 2.15. The van der Waals surface area contributed by atoms with Crippen LogP contribution in [-0.4, -0.2) is 23.3 Å². The Balaban J connectivity index is 2.32. The summed E-state index contributed by atoms with van der Waals surface area (Å²) in [4.78, 5) is 11.2. The quantitative estimate of drug-likeness (QED) is 0.541. The van der Waals surface area contributed by atoms with Crippen LogP contribution in [0.4, 0.5) is 0 Å². The average molecular weight is 167 g/mol. The van der Waals surface area contributed by atoms with Crippen molar-refractivity contribution in [3.8, 4) is 0 Å². The Morgan fingerprint density at radius 2 is 2.33 bits per heavy atom. The fourth-order valence-corrected chi connectivity index (χ4v) is 1.76. The van der Waals surface area contributed by atoms with E-state index in [-0.39, 0.29) is 5.56 Å². The summed E-state index contributed by atoms with van der Waals surface area (Å²) < 4.78 is 0. The number of nitrogens with one attached hydrogen (secondary N) is 3. The van der Waals surface area contributed by atoms with Gasteiger partial charge >= 0.3 is 0 Å². The molecule has 3 N–H and O–H groups in total. The molecule has 1 aliphatic rings. The summed E-state index contributed by atoms with van der Waals surface area (Å²) in [5, 5.41) is 8.72. The van der Waals surface area contributed by atoms with Gasteiger partial charge < -0.3 is 10.4 Å². The van der Waals surface area contributed by atoms with Gasteiger partial charge in [-0.2, -0.15) is 0 Å². The Hall–Kier alpha value is -1.03. The molecule has 0 spiro atoms. The maximum absolute atomic E-state index is 11.2. The molecule has 1 aliphatic carbocycles. The predicted molar refractivity (Wildman–Crippen MR) is 46.3 cm³/mol. The van der Waals surface area contributed by atoms with Crippen LogP contribution in [0.5, 0.6) is 0 Å². The molecule has 4 nitrogen and oxygen atoms in total. The number of H-pyrrole nitrogens is 2. The lowest BCUT2D eigenvalue weighted by Crippen LogP contribution is -2.33. The van der Waals surface area contributed by atoms with E-state index in [0.29, 0.717) is 6.04 Å². The number of aromatic amines is 2. The third kappa shape index (κ3) is 1.08. The smallest absolute Gasteiger partial charge is 0.267 e. The molecule has 1 atom stereocenters. The molecule has 0 saturated carbocycles. The SMILES string of the molecule is CNC1CCc2[nH][nH]c(=O)c2C1. The summed E-state index contributed by atoms with van der Waals surface area (Å²) >= 11 is 0. The van der Waals surface area contributed by atoms with E-state index in [2.05, 4.69) is 15.5 Å². The average Bonchev–Trinajstić information content (AvgIpc) is 2.47. The zero-order valence-corrected chi connectivity index (χ0v) is 7.11. The van der Waals surface area contributed by atoms with Gasteiger partial charge in [-0.3, -0.25) is 9.89 Å². The maximum atomic E-state index is 11.2. The van der Waals surface area contributed by atoms with Crippen molar-refractivity contribution in [3.63, 3.8) is 0 Å². The van der Waals surface area contributed by atoms with E-state index in [9.17, 15) is 4.79 Å². The van der Waals surface area contributed by atoms with Gasteiger partial charge in [0.1, 0.15) is 0 Å². The van der Waals surface area contributed by atoms with Gasteiger partial charge in [0, 0.05) is 17.3 Å². The topological polar surface area (TPSA) is 60.7 Å². The van der Waals surface area contributed by atoms with Crippen molar-refractivity contribution in [2.24, 2.45) is 0 Å². The molecular formula is C8H13N3O. The zero-order chi connectivity index (χ0) is 8.55. The highest BCUT2D eigenvalue weighted by molar-refractivity contribution is 5.21. The van der Waals surface area contributed by atoms with Crippen LogP contribution in [0.3, 0.4) is 0 Å². The first-order chi connectivity index (χ1) is 5.81. The molecule has 0 fully saturated rings. The summed E-state index contributed by atoms with van der Waals surface area (Å²) in [6.07, 6.45) is 2.93. The molecule has 0 amide bonds. The second-order valence-corrected chi connectivity index (χ2v) is 3.26. The summed E-state index contributed by atoms with van der Waals surface area (Å²) in [7, 11) is 1.94. The first-order valence-electron chi connectivity index (χ1n) is 4.27. The Morgan fingerprint density at radius 1 is 1.50 bits per heavy atom. The molecule has 0 aliphatic heterocycles. The molecular weight excluding hydrogens is 154 g/mol. The first kappa shape index (κ1) is 7.61. The number of fused-ring (bicyclic) bond motifs is 1. The van der Waals surface area contributed by atoms with Gasteiger partial charge in [-0.05, 0) is 26.3 Å². The van der Waals surface area contributed by atoms with Gasteiger partial charge in [0.05, 0.1) is 0 Å². The Morgan fingerprint density at radius 3 is 3.08 bits per heavy atom. The molecule has 66 valence electrons. The van der Waals surface area contributed by atoms with Crippen molar-refractivity contribution in [3.05, 3.63) is 21.6 Å². The van der Waals surface area contributed by atoms with Gasteiger partial charge in [-0.25, -0.2) is 0 Å². The van der Waals surface area contributed by atoms with Crippen molar-refractivity contribution in [2.75, 3.05) is 7.05 Å². The number of aryl methyl sites for hydroxylation is 1. The maximum Gasteiger partial charge on any atom is 0.267 e. The zero-order valence-electron chi connectivity index (χ0n) is 7.11. The van der Waals surface area contributed by atoms with Crippen molar-refractivity contribution >= 4 is 0 Å². The van der Waals surface area contributed by atoms with Gasteiger partial charge in [0.15, 0.2) is 0 Å². The summed E-state index contributed by atoms with van der Waals surface area (Å²) in [6, 6.07) is 0.467. The van der Waals surface area contributed by atoms with E-state index < -0.39 is 0 Å². The van der Waals surface area contributed by atoms with Crippen LogP contribution in [0.2, 0.25) is 0 Å². The third-order valence-corrected chi connectivity index (χ3v) is 2.57. The third-order valence-electron chi connectivity index (χ3n) is 2.57. The molecule has 0 saturated heterocycles. The number of likely N-dealkylation sites (N-methyl/N-ethyl adjacent to an activating group) is 1. The van der Waals surface area contributed by atoms with Crippen molar-refractivity contribution in [1.29, 1.82) is 0 Å².